The number of methoxy groups -OCH3 is 1. The van der Waals surface area contributed by atoms with Gasteiger partial charge in [0.25, 0.3) is 0 Å². The molecule has 0 aliphatic heterocycles. The second-order valence-corrected chi connectivity index (χ2v) is 4.58. The monoisotopic (exact) mass is 206 g/mol. The molecule has 0 amide bonds. The van der Waals surface area contributed by atoms with Crippen molar-refractivity contribution in [3.8, 4) is 0 Å². The van der Waals surface area contributed by atoms with Gasteiger partial charge in [-0.05, 0) is 24.7 Å². The van der Waals surface area contributed by atoms with Gasteiger partial charge in [-0.2, -0.15) is 0 Å². The van der Waals surface area contributed by atoms with Crippen LogP contribution in [-0.2, 0) is 4.74 Å². The highest BCUT2D eigenvalue weighted by Gasteiger charge is 2.33. The van der Waals surface area contributed by atoms with Gasteiger partial charge in [-0.15, -0.1) is 0 Å². The van der Waals surface area contributed by atoms with Crippen molar-refractivity contribution in [1.29, 1.82) is 0 Å². The van der Waals surface area contributed by atoms with Crippen molar-refractivity contribution in [2.75, 3.05) is 13.7 Å². The number of alkyl halides is 1. The highest BCUT2D eigenvalue weighted by atomic mass is 79.9. The van der Waals surface area contributed by atoms with Crippen LogP contribution in [0, 0.1) is 11.8 Å². The molecule has 0 N–H and O–H groups in total. The minimum Gasteiger partial charge on any atom is -0.384 e. The average Bonchev–Trinajstić information content (AvgIpc) is 2.63. The van der Waals surface area contributed by atoms with E-state index in [4.69, 9.17) is 4.74 Å². The lowest BCUT2D eigenvalue weighted by molar-refractivity contribution is 0.143. The highest BCUT2D eigenvalue weighted by molar-refractivity contribution is 9.09. The first-order valence-corrected chi connectivity index (χ1v) is 4.80. The predicted octanol–water partition coefficient (Wildman–Crippen LogP) is 2.44. The first-order valence-electron chi connectivity index (χ1n) is 3.88. The lowest BCUT2D eigenvalue weighted by Crippen LogP contribution is -2.18. The molecule has 1 fully saturated rings. The molecular formula is C8H15BrO. The van der Waals surface area contributed by atoms with E-state index in [0.29, 0.717) is 4.83 Å². The van der Waals surface area contributed by atoms with Gasteiger partial charge in [0.2, 0.25) is 0 Å². The van der Waals surface area contributed by atoms with Crippen LogP contribution in [0.15, 0.2) is 0 Å². The molecule has 1 saturated carbocycles. The van der Waals surface area contributed by atoms with Gasteiger partial charge >= 0.3 is 0 Å². The zero-order valence-corrected chi connectivity index (χ0v) is 8.23. The maximum Gasteiger partial charge on any atom is 0.0503 e. The standard InChI is InChI=1S/C8H15BrO/c1-6(9)8(5-10-2)7-3-4-7/h6-8H,3-5H2,1-2H3. The topological polar surface area (TPSA) is 9.23 Å². The summed E-state index contributed by atoms with van der Waals surface area (Å²) in [5.41, 5.74) is 0. The minimum absolute atomic E-state index is 0.611. The first-order chi connectivity index (χ1) is 4.75. The predicted molar refractivity (Wildman–Crippen MR) is 46.5 cm³/mol. The fourth-order valence-corrected chi connectivity index (χ4v) is 1.94. The lowest BCUT2D eigenvalue weighted by Gasteiger charge is -2.17. The van der Waals surface area contributed by atoms with Gasteiger partial charge in [0, 0.05) is 11.9 Å². The Morgan fingerprint density at radius 3 is 2.50 bits per heavy atom. The van der Waals surface area contributed by atoms with E-state index in [9.17, 15) is 0 Å². The van der Waals surface area contributed by atoms with E-state index in [0.717, 1.165) is 18.4 Å². The third-order valence-corrected chi connectivity index (χ3v) is 2.86. The summed E-state index contributed by atoms with van der Waals surface area (Å²) in [5, 5.41) is 0. The van der Waals surface area contributed by atoms with E-state index >= 15 is 0 Å². The van der Waals surface area contributed by atoms with Crippen molar-refractivity contribution >= 4 is 15.9 Å². The molecule has 0 aromatic carbocycles. The van der Waals surface area contributed by atoms with Crippen LogP contribution in [0.2, 0.25) is 0 Å². The van der Waals surface area contributed by atoms with Crippen LogP contribution >= 0.6 is 15.9 Å². The first kappa shape index (κ1) is 8.54. The van der Waals surface area contributed by atoms with Crippen molar-refractivity contribution < 1.29 is 4.74 Å². The number of halogens is 1. The summed E-state index contributed by atoms with van der Waals surface area (Å²) in [6.07, 6.45) is 2.81. The summed E-state index contributed by atoms with van der Waals surface area (Å²) >= 11 is 3.60. The molecule has 1 aliphatic carbocycles. The maximum atomic E-state index is 5.14. The Morgan fingerprint density at radius 1 is 1.60 bits per heavy atom. The Balaban J connectivity index is 2.26. The highest BCUT2D eigenvalue weighted by Crippen LogP contribution is 2.40. The average molecular weight is 207 g/mol. The maximum absolute atomic E-state index is 5.14. The molecular weight excluding hydrogens is 192 g/mol. The molecule has 60 valence electrons. The van der Waals surface area contributed by atoms with E-state index < -0.39 is 0 Å². The van der Waals surface area contributed by atoms with Crippen LogP contribution < -0.4 is 0 Å². The van der Waals surface area contributed by atoms with Crippen LogP contribution in [-0.4, -0.2) is 18.5 Å². The Kier molecular flexibility index (Phi) is 3.18. The molecule has 1 aliphatic rings. The van der Waals surface area contributed by atoms with E-state index in [-0.39, 0.29) is 0 Å². The summed E-state index contributed by atoms with van der Waals surface area (Å²) in [6, 6.07) is 0. The van der Waals surface area contributed by atoms with E-state index in [1.54, 1.807) is 7.11 Å². The fraction of sp³-hybridized carbons (Fsp3) is 1.00. The quantitative estimate of drug-likeness (QED) is 0.643. The Bertz CT molecular complexity index is 97.4. The van der Waals surface area contributed by atoms with Gasteiger partial charge in [0.1, 0.15) is 0 Å². The molecule has 0 bridgehead atoms. The largest absolute Gasteiger partial charge is 0.384 e. The van der Waals surface area contributed by atoms with Crippen molar-refractivity contribution in [3.63, 3.8) is 0 Å². The molecule has 2 unspecified atom stereocenters. The zero-order valence-electron chi connectivity index (χ0n) is 6.64. The van der Waals surface area contributed by atoms with Gasteiger partial charge in [-0.25, -0.2) is 0 Å². The zero-order chi connectivity index (χ0) is 7.56. The molecule has 0 spiro atoms. The summed E-state index contributed by atoms with van der Waals surface area (Å²) in [6.45, 7) is 3.12. The second kappa shape index (κ2) is 3.72. The second-order valence-electron chi connectivity index (χ2n) is 3.13. The molecule has 0 heterocycles. The van der Waals surface area contributed by atoms with Gasteiger partial charge in [-0.1, -0.05) is 22.9 Å². The van der Waals surface area contributed by atoms with Gasteiger partial charge in [0.05, 0.1) is 6.61 Å². The van der Waals surface area contributed by atoms with Gasteiger partial charge in [-0.3, -0.25) is 0 Å². The third kappa shape index (κ3) is 2.24. The summed E-state index contributed by atoms with van der Waals surface area (Å²) in [4.78, 5) is 0.611. The number of hydrogen-bond acceptors (Lipinski definition) is 1. The Hall–Kier alpha value is 0.440. The molecule has 0 aromatic rings. The summed E-state index contributed by atoms with van der Waals surface area (Å²) in [7, 11) is 1.78. The smallest absolute Gasteiger partial charge is 0.0503 e. The molecule has 2 heteroatoms. The Morgan fingerprint density at radius 2 is 2.20 bits per heavy atom. The Labute approximate surface area is 71.3 Å². The normalized spacial score (nSPS) is 24.3. The molecule has 0 saturated heterocycles. The van der Waals surface area contributed by atoms with Gasteiger partial charge in [0.15, 0.2) is 0 Å². The molecule has 2 atom stereocenters. The number of ether oxygens (including phenoxy) is 1. The van der Waals surface area contributed by atoms with E-state index in [1.165, 1.54) is 12.8 Å². The molecule has 1 nitrogen and oxygen atoms in total. The van der Waals surface area contributed by atoms with Crippen molar-refractivity contribution in [2.45, 2.75) is 24.6 Å². The SMILES string of the molecule is COCC(C(C)Br)C1CC1. The minimum atomic E-state index is 0.611. The van der Waals surface area contributed by atoms with E-state index in [2.05, 4.69) is 22.9 Å². The number of rotatable bonds is 4. The number of hydrogen-bond donors (Lipinski definition) is 0. The third-order valence-electron chi connectivity index (χ3n) is 2.18. The van der Waals surface area contributed by atoms with Crippen molar-refractivity contribution in [1.82, 2.24) is 0 Å². The van der Waals surface area contributed by atoms with Crippen LogP contribution in [0.5, 0.6) is 0 Å². The lowest BCUT2D eigenvalue weighted by atomic mass is 10.0. The van der Waals surface area contributed by atoms with Crippen molar-refractivity contribution in [2.24, 2.45) is 11.8 Å². The van der Waals surface area contributed by atoms with Crippen LogP contribution in [0.3, 0.4) is 0 Å². The molecule has 0 aromatic heterocycles. The van der Waals surface area contributed by atoms with E-state index in [1.807, 2.05) is 0 Å². The summed E-state index contributed by atoms with van der Waals surface area (Å²) in [5.74, 6) is 1.68. The van der Waals surface area contributed by atoms with Crippen LogP contribution in [0.4, 0.5) is 0 Å². The fourth-order valence-electron chi connectivity index (χ4n) is 1.36. The van der Waals surface area contributed by atoms with Crippen LogP contribution in [0.1, 0.15) is 19.8 Å². The molecule has 0 radical (unpaired) electrons. The molecule has 10 heavy (non-hydrogen) atoms. The summed E-state index contributed by atoms with van der Waals surface area (Å²) < 4.78 is 5.14. The van der Waals surface area contributed by atoms with Gasteiger partial charge < -0.3 is 4.74 Å². The van der Waals surface area contributed by atoms with Crippen LogP contribution in [0.25, 0.3) is 0 Å². The van der Waals surface area contributed by atoms with Crippen molar-refractivity contribution in [3.05, 3.63) is 0 Å². The molecule has 1 rings (SSSR count).